The zero-order chi connectivity index (χ0) is 23.6. The summed E-state index contributed by atoms with van der Waals surface area (Å²) in [7, 11) is 1.98. The van der Waals surface area contributed by atoms with Gasteiger partial charge in [-0.05, 0) is 71.6 Å². The van der Waals surface area contributed by atoms with Gasteiger partial charge in [-0.3, -0.25) is 9.48 Å². The van der Waals surface area contributed by atoms with Gasteiger partial charge >= 0.3 is 5.97 Å². The van der Waals surface area contributed by atoms with Crippen LogP contribution in [0.4, 0.5) is 5.95 Å². The molecule has 0 unspecified atom stereocenters. The van der Waals surface area contributed by atoms with Crippen LogP contribution in [0.3, 0.4) is 0 Å². The van der Waals surface area contributed by atoms with Crippen molar-refractivity contribution in [3.8, 4) is 11.3 Å². The van der Waals surface area contributed by atoms with Gasteiger partial charge < -0.3 is 15.4 Å². The summed E-state index contributed by atoms with van der Waals surface area (Å²) in [4.78, 5) is 21.1. The first kappa shape index (κ1) is 24.0. The monoisotopic (exact) mass is 474 g/mol. The van der Waals surface area contributed by atoms with Crippen molar-refractivity contribution in [2.75, 3.05) is 11.9 Å². The van der Waals surface area contributed by atoms with Crippen molar-refractivity contribution in [3.63, 3.8) is 0 Å². The first-order valence-corrected chi connectivity index (χ1v) is 12.3. The van der Waals surface area contributed by atoms with Crippen molar-refractivity contribution in [2.45, 2.75) is 83.4 Å². The maximum absolute atomic E-state index is 11.9. The average molecular weight is 475 g/mol. The largest absolute Gasteiger partial charge is 0.459 e. The van der Waals surface area contributed by atoms with Crippen LogP contribution < -0.4 is 10.6 Å². The van der Waals surface area contributed by atoms with Gasteiger partial charge in [-0.25, -0.2) is 9.97 Å². The third-order valence-corrected chi connectivity index (χ3v) is 6.53. The molecule has 2 aromatic rings. The van der Waals surface area contributed by atoms with Crippen LogP contribution >= 0.6 is 11.6 Å². The van der Waals surface area contributed by atoms with Crippen LogP contribution in [0.1, 0.15) is 65.0 Å². The molecule has 8 nitrogen and oxygen atoms in total. The summed E-state index contributed by atoms with van der Waals surface area (Å²) in [5.41, 5.74) is 2.47. The highest BCUT2D eigenvalue weighted by Crippen LogP contribution is 2.37. The molecule has 33 heavy (non-hydrogen) atoms. The lowest BCUT2D eigenvalue weighted by Crippen LogP contribution is -2.41. The Labute approximate surface area is 200 Å². The molecular formula is C24H35ClN6O2. The van der Waals surface area contributed by atoms with Crippen LogP contribution in [-0.2, 0) is 23.0 Å². The standard InChI is InChI=1S/C24H35ClN6O2/c1-24(2,3)33-21(32)14-26-16-7-9-17(10-8-16)29-23-27-13-19(25)22(30-23)18-12-28-31(4)20(18)11-15-5-6-15/h12-13,15-17,26H,5-11,14H2,1-4H3,(H,27,29,30). The Hall–Kier alpha value is -2.19. The number of rotatable bonds is 8. The van der Waals surface area contributed by atoms with Gasteiger partial charge in [0.2, 0.25) is 5.95 Å². The highest BCUT2D eigenvalue weighted by Gasteiger charge is 2.27. The Bertz CT molecular complexity index is 974. The summed E-state index contributed by atoms with van der Waals surface area (Å²) in [5.74, 6) is 1.14. The quantitative estimate of drug-likeness (QED) is 0.555. The Kier molecular flexibility index (Phi) is 7.24. The van der Waals surface area contributed by atoms with Crippen molar-refractivity contribution in [3.05, 3.63) is 23.1 Å². The zero-order valence-corrected chi connectivity index (χ0v) is 20.8. The smallest absolute Gasteiger partial charge is 0.320 e. The van der Waals surface area contributed by atoms with Crippen molar-refractivity contribution in [1.82, 2.24) is 25.1 Å². The molecule has 2 heterocycles. The molecule has 180 valence electrons. The van der Waals surface area contributed by atoms with Crippen molar-refractivity contribution in [2.24, 2.45) is 13.0 Å². The number of nitrogens with one attached hydrogen (secondary N) is 2. The number of anilines is 1. The minimum Gasteiger partial charge on any atom is -0.459 e. The van der Waals surface area contributed by atoms with Crippen LogP contribution in [0.25, 0.3) is 11.3 Å². The highest BCUT2D eigenvalue weighted by atomic mass is 35.5. The molecule has 0 spiro atoms. The normalized spacial score (nSPS) is 21.1. The first-order chi connectivity index (χ1) is 15.7. The predicted octanol–water partition coefficient (Wildman–Crippen LogP) is 4.14. The van der Waals surface area contributed by atoms with E-state index in [0.29, 0.717) is 23.1 Å². The maximum Gasteiger partial charge on any atom is 0.320 e. The van der Waals surface area contributed by atoms with E-state index in [1.54, 1.807) is 6.20 Å². The van der Waals surface area contributed by atoms with Gasteiger partial charge in [0.25, 0.3) is 0 Å². The Balaban J connectivity index is 1.32. The van der Waals surface area contributed by atoms with E-state index in [2.05, 4.69) is 20.7 Å². The Morgan fingerprint density at radius 2 is 1.85 bits per heavy atom. The van der Waals surface area contributed by atoms with Gasteiger partial charge in [-0.15, -0.1) is 0 Å². The summed E-state index contributed by atoms with van der Waals surface area (Å²) in [6, 6.07) is 0.607. The molecule has 2 aliphatic carbocycles. The lowest BCUT2D eigenvalue weighted by molar-refractivity contribution is -0.153. The number of aromatic nitrogens is 4. The number of aryl methyl sites for hydroxylation is 1. The number of hydrogen-bond donors (Lipinski definition) is 2. The molecule has 0 saturated heterocycles. The number of halogens is 1. The molecule has 0 radical (unpaired) electrons. The fraction of sp³-hybridized carbons (Fsp3) is 0.667. The highest BCUT2D eigenvalue weighted by molar-refractivity contribution is 6.32. The summed E-state index contributed by atoms with van der Waals surface area (Å²) >= 11 is 6.49. The number of esters is 1. The molecule has 0 amide bonds. The molecule has 2 fully saturated rings. The average Bonchev–Trinajstić information content (AvgIpc) is 3.50. The number of nitrogens with zero attached hydrogens (tertiary/aromatic N) is 4. The van der Waals surface area contributed by atoms with E-state index < -0.39 is 5.60 Å². The fourth-order valence-electron chi connectivity index (χ4n) is 4.35. The molecule has 2 aromatic heterocycles. The first-order valence-electron chi connectivity index (χ1n) is 11.9. The summed E-state index contributed by atoms with van der Waals surface area (Å²) < 4.78 is 7.31. The molecule has 9 heteroatoms. The van der Waals surface area contributed by atoms with E-state index >= 15 is 0 Å². The van der Waals surface area contributed by atoms with E-state index in [1.807, 2.05) is 38.7 Å². The van der Waals surface area contributed by atoms with Crippen LogP contribution in [0.2, 0.25) is 5.02 Å². The van der Waals surface area contributed by atoms with E-state index in [1.165, 1.54) is 18.5 Å². The van der Waals surface area contributed by atoms with E-state index in [0.717, 1.165) is 49.3 Å². The van der Waals surface area contributed by atoms with Crippen LogP contribution in [-0.4, -0.2) is 49.9 Å². The lowest BCUT2D eigenvalue weighted by atomic mass is 9.91. The Morgan fingerprint density at radius 1 is 1.15 bits per heavy atom. The Morgan fingerprint density at radius 3 is 2.52 bits per heavy atom. The van der Waals surface area contributed by atoms with Gasteiger partial charge in [-0.1, -0.05) is 11.6 Å². The third-order valence-electron chi connectivity index (χ3n) is 6.26. The second-order valence-corrected chi connectivity index (χ2v) is 10.7. The molecule has 0 atom stereocenters. The van der Waals surface area contributed by atoms with Gasteiger partial charge in [0.15, 0.2) is 0 Å². The van der Waals surface area contributed by atoms with Crippen LogP contribution in [0.5, 0.6) is 0 Å². The predicted molar refractivity (Wildman–Crippen MR) is 129 cm³/mol. The van der Waals surface area contributed by atoms with Crippen molar-refractivity contribution < 1.29 is 9.53 Å². The van der Waals surface area contributed by atoms with E-state index in [4.69, 9.17) is 21.3 Å². The van der Waals surface area contributed by atoms with Crippen LogP contribution in [0, 0.1) is 5.92 Å². The van der Waals surface area contributed by atoms with E-state index in [-0.39, 0.29) is 12.5 Å². The van der Waals surface area contributed by atoms with Crippen molar-refractivity contribution >= 4 is 23.5 Å². The zero-order valence-electron chi connectivity index (χ0n) is 20.0. The molecule has 2 N–H and O–H groups in total. The number of carbonyl (C=O) groups is 1. The minimum atomic E-state index is -0.452. The number of carbonyl (C=O) groups excluding carboxylic acids is 1. The van der Waals surface area contributed by atoms with Gasteiger partial charge in [-0.2, -0.15) is 5.10 Å². The third kappa shape index (κ3) is 6.67. The fourth-order valence-corrected chi connectivity index (χ4v) is 4.55. The molecule has 2 saturated carbocycles. The van der Waals surface area contributed by atoms with Crippen LogP contribution in [0.15, 0.2) is 12.4 Å². The summed E-state index contributed by atoms with van der Waals surface area (Å²) in [6.45, 7) is 5.90. The lowest BCUT2D eigenvalue weighted by Gasteiger charge is -2.30. The maximum atomic E-state index is 11.9. The van der Waals surface area contributed by atoms with Gasteiger partial charge in [0.05, 0.1) is 29.7 Å². The molecule has 0 bridgehead atoms. The molecule has 2 aliphatic rings. The second kappa shape index (κ2) is 9.97. The molecule has 4 rings (SSSR count). The topological polar surface area (TPSA) is 94.0 Å². The minimum absolute atomic E-state index is 0.207. The molecule has 0 aliphatic heterocycles. The summed E-state index contributed by atoms with van der Waals surface area (Å²) in [5, 5.41) is 11.8. The summed E-state index contributed by atoms with van der Waals surface area (Å²) in [6.07, 6.45) is 11.0. The SMILES string of the molecule is Cn1ncc(-c2nc(NC3CCC(NCC(=O)OC(C)(C)C)CC3)ncc2Cl)c1CC1CC1. The van der Waals surface area contributed by atoms with Gasteiger partial charge in [0, 0.05) is 30.4 Å². The molecule has 0 aromatic carbocycles. The van der Waals surface area contributed by atoms with E-state index in [9.17, 15) is 4.79 Å². The second-order valence-electron chi connectivity index (χ2n) is 10.3. The van der Waals surface area contributed by atoms with Crippen molar-refractivity contribution in [1.29, 1.82) is 0 Å². The molecular weight excluding hydrogens is 440 g/mol. The number of ether oxygens (including phenoxy) is 1. The van der Waals surface area contributed by atoms with Gasteiger partial charge in [0.1, 0.15) is 5.60 Å². The number of hydrogen-bond acceptors (Lipinski definition) is 7.